The van der Waals surface area contributed by atoms with Gasteiger partial charge in [0, 0.05) is 17.2 Å². The van der Waals surface area contributed by atoms with Gasteiger partial charge in [0.1, 0.15) is 5.75 Å². The van der Waals surface area contributed by atoms with Crippen molar-refractivity contribution in [2.24, 2.45) is 11.8 Å². The van der Waals surface area contributed by atoms with Crippen molar-refractivity contribution in [3.8, 4) is 11.8 Å². The van der Waals surface area contributed by atoms with E-state index < -0.39 is 23.0 Å². The second kappa shape index (κ2) is 7.91. The molecular formula is C30H28N2O4. The van der Waals surface area contributed by atoms with E-state index in [-0.39, 0.29) is 11.8 Å². The maximum atomic E-state index is 14.0. The summed E-state index contributed by atoms with van der Waals surface area (Å²) in [6.45, 7) is 6.45. The maximum absolute atomic E-state index is 14.0. The molecule has 0 N–H and O–H groups in total. The number of fused-ring (bicyclic) bond motifs is 6. The molecule has 0 spiro atoms. The Bertz CT molecular complexity index is 1450. The summed E-state index contributed by atoms with van der Waals surface area (Å²) < 4.78 is 12.7. The van der Waals surface area contributed by atoms with Crippen LogP contribution in [0.15, 0.2) is 54.6 Å². The highest BCUT2D eigenvalue weighted by Gasteiger charge is 2.73. The Hall–Kier alpha value is -3.69. The van der Waals surface area contributed by atoms with Crippen LogP contribution in [0, 0.1) is 37.0 Å². The largest absolute Gasteiger partial charge is 0.493 e. The monoisotopic (exact) mass is 480 g/mol. The molecule has 6 heteroatoms. The van der Waals surface area contributed by atoms with Crippen LogP contribution in [-0.2, 0) is 14.3 Å². The Morgan fingerprint density at radius 3 is 2.42 bits per heavy atom. The highest BCUT2D eigenvalue weighted by atomic mass is 16.5. The van der Waals surface area contributed by atoms with Crippen molar-refractivity contribution in [1.82, 2.24) is 0 Å². The minimum atomic E-state index is -0.720. The Kier molecular flexibility index (Phi) is 5.00. The van der Waals surface area contributed by atoms with Gasteiger partial charge in [-0.2, -0.15) is 5.26 Å². The van der Waals surface area contributed by atoms with Gasteiger partial charge in [-0.25, -0.2) is 4.90 Å². The van der Waals surface area contributed by atoms with Crippen LogP contribution in [0.5, 0.6) is 5.75 Å². The number of aryl methyl sites for hydroxylation is 2. The number of rotatable bonds is 5. The van der Waals surface area contributed by atoms with E-state index in [2.05, 4.69) is 12.1 Å². The Balaban J connectivity index is 1.33. The summed E-state index contributed by atoms with van der Waals surface area (Å²) in [6, 6.07) is 19.2. The first-order valence-corrected chi connectivity index (χ1v) is 12.5. The second-order valence-corrected chi connectivity index (χ2v) is 10.7. The van der Waals surface area contributed by atoms with Crippen LogP contribution >= 0.6 is 0 Å². The van der Waals surface area contributed by atoms with Gasteiger partial charge in [-0.05, 0) is 69.0 Å². The fourth-order valence-corrected chi connectivity index (χ4v) is 6.78. The Morgan fingerprint density at radius 1 is 1.00 bits per heavy atom. The Morgan fingerprint density at radius 2 is 1.69 bits per heavy atom. The molecule has 36 heavy (non-hydrogen) atoms. The number of ether oxygens (including phenoxy) is 2. The van der Waals surface area contributed by atoms with Crippen LogP contribution in [0.2, 0.25) is 0 Å². The van der Waals surface area contributed by atoms with Crippen molar-refractivity contribution in [3.63, 3.8) is 0 Å². The van der Waals surface area contributed by atoms with E-state index in [1.165, 1.54) is 4.90 Å². The molecular weight excluding hydrogens is 452 g/mol. The number of imide groups is 1. The molecule has 2 amide bonds. The van der Waals surface area contributed by atoms with E-state index in [9.17, 15) is 14.9 Å². The van der Waals surface area contributed by atoms with E-state index >= 15 is 0 Å². The fraction of sp³-hybridized carbons (Fsp3) is 0.367. The molecule has 3 aromatic carbocycles. The molecule has 0 saturated carbocycles. The van der Waals surface area contributed by atoms with Crippen LogP contribution in [0.1, 0.15) is 42.9 Å². The Labute approximate surface area is 210 Å². The van der Waals surface area contributed by atoms with Gasteiger partial charge < -0.3 is 9.47 Å². The zero-order valence-electron chi connectivity index (χ0n) is 20.7. The number of amides is 2. The summed E-state index contributed by atoms with van der Waals surface area (Å²) >= 11 is 0. The zero-order valence-corrected chi connectivity index (χ0v) is 20.7. The van der Waals surface area contributed by atoms with E-state index in [4.69, 9.17) is 9.47 Å². The third kappa shape index (κ3) is 3.19. The molecule has 3 saturated heterocycles. The predicted molar refractivity (Wildman–Crippen MR) is 136 cm³/mol. The van der Waals surface area contributed by atoms with Gasteiger partial charge in [0.2, 0.25) is 11.8 Å². The average molecular weight is 481 g/mol. The molecule has 6 rings (SSSR count). The smallest absolute Gasteiger partial charge is 0.240 e. The lowest BCUT2D eigenvalue weighted by molar-refractivity contribution is -0.131. The van der Waals surface area contributed by atoms with Crippen LogP contribution < -0.4 is 9.64 Å². The summed E-state index contributed by atoms with van der Waals surface area (Å²) in [7, 11) is 0. The number of anilines is 1. The summed E-state index contributed by atoms with van der Waals surface area (Å²) in [6.07, 6.45) is 2.00. The number of hydrogen-bond donors (Lipinski definition) is 0. The lowest BCUT2D eigenvalue weighted by atomic mass is 9.67. The summed E-state index contributed by atoms with van der Waals surface area (Å²) in [5.74, 6) is -0.678. The van der Waals surface area contributed by atoms with Crippen LogP contribution in [0.3, 0.4) is 0 Å². The normalized spacial score (nSPS) is 28.6. The van der Waals surface area contributed by atoms with Gasteiger partial charge in [0.15, 0.2) is 0 Å². The van der Waals surface area contributed by atoms with Crippen molar-refractivity contribution in [2.75, 3.05) is 11.5 Å². The molecule has 3 aliphatic rings. The van der Waals surface area contributed by atoms with Crippen LogP contribution in [0.25, 0.3) is 10.8 Å². The number of nitriles is 1. The first-order chi connectivity index (χ1) is 17.3. The van der Waals surface area contributed by atoms with Gasteiger partial charge >= 0.3 is 0 Å². The minimum Gasteiger partial charge on any atom is -0.493 e. The number of benzene rings is 3. The zero-order chi connectivity index (χ0) is 25.2. The third-order valence-electron chi connectivity index (χ3n) is 8.26. The first kappa shape index (κ1) is 22.8. The van der Waals surface area contributed by atoms with Gasteiger partial charge in [0.05, 0.1) is 47.0 Å². The van der Waals surface area contributed by atoms with Crippen molar-refractivity contribution in [2.45, 2.75) is 51.2 Å². The molecule has 3 aliphatic heterocycles. The predicted octanol–water partition coefficient (Wildman–Crippen LogP) is 5.22. The lowest BCUT2D eigenvalue weighted by Gasteiger charge is -2.31. The van der Waals surface area contributed by atoms with Gasteiger partial charge in [-0.15, -0.1) is 0 Å². The number of carbonyl (C=O) groups is 2. The second-order valence-electron chi connectivity index (χ2n) is 10.7. The SMILES string of the molecule is Cc1cc(C)cc(OCC[C@@]23CC[C@@](C)(O2)[C@H]2C(=O)N(c4ccc(C#N)c5ccccc45)C(=O)[C@H]23)c1. The van der Waals surface area contributed by atoms with Crippen molar-refractivity contribution < 1.29 is 19.1 Å². The summed E-state index contributed by atoms with van der Waals surface area (Å²) in [5, 5.41) is 11.0. The lowest BCUT2D eigenvalue weighted by Crippen LogP contribution is -2.43. The molecule has 2 bridgehead atoms. The van der Waals surface area contributed by atoms with Gasteiger partial charge in [-0.3, -0.25) is 9.59 Å². The molecule has 6 nitrogen and oxygen atoms in total. The topological polar surface area (TPSA) is 79.6 Å². The summed E-state index contributed by atoms with van der Waals surface area (Å²) in [4.78, 5) is 29.2. The quantitative estimate of drug-likeness (QED) is 0.468. The number of carbonyl (C=O) groups excluding carboxylic acids is 2. The van der Waals surface area contributed by atoms with Crippen molar-refractivity contribution in [3.05, 3.63) is 71.3 Å². The van der Waals surface area contributed by atoms with Crippen molar-refractivity contribution >= 4 is 28.3 Å². The van der Waals surface area contributed by atoms with E-state index in [1.807, 2.05) is 57.2 Å². The van der Waals surface area contributed by atoms with E-state index in [0.717, 1.165) is 40.5 Å². The summed E-state index contributed by atoms with van der Waals surface area (Å²) in [5.41, 5.74) is 1.94. The molecule has 3 aromatic rings. The molecule has 0 aromatic heterocycles. The highest BCUT2D eigenvalue weighted by Crippen LogP contribution is 2.62. The van der Waals surface area contributed by atoms with Crippen LogP contribution in [-0.4, -0.2) is 29.6 Å². The molecule has 0 unspecified atom stereocenters. The standard InChI is InChI=1S/C30H28N2O4/c1-18-14-19(2)16-21(15-18)35-13-12-30-11-10-29(3,36-30)25-26(30)28(34)32(27(25)33)24-9-8-20(17-31)22-6-4-5-7-23(22)24/h4-9,14-16,25-26H,10-13H2,1-3H3/t25-,26+,29-,30-/m1/s1. The molecule has 4 atom stereocenters. The third-order valence-corrected chi connectivity index (χ3v) is 8.26. The minimum absolute atomic E-state index is 0.209. The first-order valence-electron chi connectivity index (χ1n) is 12.5. The van der Waals surface area contributed by atoms with Crippen LogP contribution in [0.4, 0.5) is 5.69 Å². The molecule has 182 valence electrons. The van der Waals surface area contributed by atoms with Crippen molar-refractivity contribution in [1.29, 1.82) is 5.26 Å². The molecule has 3 fully saturated rings. The fourth-order valence-electron chi connectivity index (χ4n) is 6.78. The van der Waals surface area contributed by atoms with E-state index in [0.29, 0.717) is 24.3 Å². The van der Waals surface area contributed by atoms with Gasteiger partial charge in [-0.1, -0.05) is 30.3 Å². The van der Waals surface area contributed by atoms with E-state index in [1.54, 1.807) is 12.1 Å². The number of hydrogen-bond acceptors (Lipinski definition) is 5. The van der Waals surface area contributed by atoms with Gasteiger partial charge in [0.25, 0.3) is 0 Å². The number of nitrogens with zero attached hydrogens (tertiary/aromatic N) is 2. The maximum Gasteiger partial charge on any atom is 0.240 e. The highest BCUT2D eigenvalue weighted by molar-refractivity contribution is 6.26. The molecule has 3 heterocycles. The average Bonchev–Trinajstić information content (AvgIpc) is 3.42. The molecule has 0 aliphatic carbocycles. The molecule has 0 radical (unpaired) electrons.